The average Bonchev–Trinajstić information content (AvgIpc) is 3.29. The summed E-state index contributed by atoms with van der Waals surface area (Å²) in [5.74, 6) is 1.19. The van der Waals surface area contributed by atoms with Crippen molar-refractivity contribution in [1.82, 2.24) is 9.88 Å². The monoisotopic (exact) mass is 327 g/mol. The Kier molecular flexibility index (Phi) is 4.47. The fourth-order valence-corrected chi connectivity index (χ4v) is 5.20. The van der Waals surface area contributed by atoms with Gasteiger partial charge >= 0.3 is 0 Å². The van der Waals surface area contributed by atoms with Crippen LogP contribution in [-0.2, 0) is 6.54 Å². The van der Waals surface area contributed by atoms with Crippen molar-refractivity contribution < 1.29 is 0 Å². The van der Waals surface area contributed by atoms with Gasteiger partial charge in [-0.15, -0.1) is 11.3 Å². The summed E-state index contributed by atoms with van der Waals surface area (Å²) in [7, 11) is 0. The first-order valence-electron chi connectivity index (χ1n) is 8.77. The van der Waals surface area contributed by atoms with Crippen LogP contribution < -0.4 is 5.73 Å². The zero-order valence-electron chi connectivity index (χ0n) is 13.5. The number of hydrogen-bond donors (Lipinski definition) is 1. The molecule has 1 aromatic heterocycles. The van der Waals surface area contributed by atoms with Crippen LogP contribution in [0.2, 0.25) is 0 Å². The lowest BCUT2D eigenvalue weighted by Crippen LogP contribution is -2.28. The van der Waals surface area contributed by atoms with Crippen LogP contribution in [0.5, 0.6) is 0 Å². The van der Waals surface area contributed by atoms with Crippen molar-refractivity contribution in [1.29, 1.82) is 0 Å². The van der Waals surface area contributed by atoms with Gasteiger partial charge in [-0.25, -0.2) is 4.98 Å². The molecule has 2 aromatic rings. The summed E-state index contributed by atoms with van der Waals surface area (Å²) in [6.45, 7) is 3.04. The van der Waals surface area contributed by atoms with Gasteiger partial charge in [0, 0.05) is 48.6 Å². The first-order valence-corrected chi connectivity index (χ1v) is 9.59. The van der Waals surface area contributed by atoms with E-state index in [0.29, 0.717) is 5.92 Å². The molecule has 122 valence electrons. The van der Waals surface area contributed by atoms with Gasteiger partial charge in [0.25, 0.3) is 0 Å². The summed E-state index contributed by atoms with van der Waals surface area (Å²) < 4.78 is 0. The number of likely N-dealkylation sites (tertiary alicyclic amines) is 1. The molecule has 3 nitrogen and oxygen atoms in total. The molecule has 4 rings (SSSR count). The highest BCUT2D eigenvalue weighted by molar-refractivity contribution is 7.11. The van der Waals surface area contributed by atoms with Gasteiger partial charge in [-0.05, 0) is 18.4 Å². The second-order valence-electron chi connectivity index (χ2n) is 7.02. The van der Waals surface area contributed by atoms with E-state index in [1.807, 2.05) is 11.3 Å². The highest BCUT2D eigenvalue weighted by Crippen LogP contribution is 2.36. The van der Waals surface area contributed by atoms with Crippen molar-refractivity contribution in [3.05, 3.63) is 52.0 Å². The zero-order chi connectivity index (χ0) is 15.6. The molecular formula is C19H25N3S. The molecule has 0 radical (unpaired) electrons. The second-order valence-corrected chi connectivity index (χ2v) is 8.17. The molecular weight excluding hydrogens is 302 g/mol. The molecule has 2 N–H and O–H groups in total. The SMILES string of the molecule is N[C@@H]1CN(Cc2cnc(C3CCCC3)s2)C[C@H]1c1ccccc1. The predicted molar refractivity (Wildman–Crippen MR) is 95.8 cm³/mol. The van der Waals surface area contributed by atoms with Gasteiger partial charge in [0.1, 0.15) is 0 Å². The molecule has 2 atom stereocenters. The van der Waals surface area contributed by atoms with Crippen LogP contribution in [0.15, 0.2) is 36.5 Å². The smallest absolute Gasteiger partial charge is 0.0959 e. The molecule has 0 unspecified atom stereocenters. The van der Waals surface area contributed by atoms with Crippen LogP contribution in [-0.4, -0.2) is 29.0 Å². The summed E-state index contributed by atoms with van der Waals surface area (Å²) in [6.07, 6.45) is 7.51. The predicted octanol–water partition coefficient (Wildman–Crippen LogP) is 3.73. The Morgan fingerprint density at radius 3 is 2.70 bits per heavy atom. The van der Waals surface area contributed by atoms with Crippen LogP contribution in [0.25, 0.3) is 0 Å². The molecule has 1 saturated carbocycles. The molecule has 1 aliphatic heterocycles. The normalized spacial score (nSPS) is 26.1. The third-order valence-electron chi connectivity index (χ3n) is 5.32. The van der Waals surface area contributed by atoms with Crippen molar-refractivity contribution in [3.63, 3.8) is 0 Å². The molecule has 0 amide bonds. The first kappa shape index (κ1) is 15.3. The molecule has 0 bridgehead atoms. The van der Waals surface area contributed by atoms with Gasteiger partial charge < -0.3 is 5.73 Å². The van der Waals surface area contributed by atoms with Crippen molar-refractivity contribution in [2.24, 2.45) is 5.73 Å². The van der Waals surface area contributed by atoms with E-state index in [4.69, 9.17) is 10.7 Å². The minimum atomic E-state index is 0.236. The van der Waals surface area contributed by atoms with Gasteiger partial charge in [0.2, 0.25) is 0 Å². The summed E-state index contributed by atoms with van der Waals surface area (Å²) in [6, 6.07) is 10.9. The molecule has 2 fully saturated rings. The van der Waals surface area contributed by atoms with Gasteiger partial charge in [-0.2, -0.15) is 0 Å². The number of rotatable bonds is 4. The minimum absolute atomic E-state index is 0.236. The maximum absolute atomic E-state index is 6.41. The molecule has 0 spiro atoms. The van der Waals surface area contributed by atoms with Crippen LogP contribution in [0.4, 0.5) is 0 Å². The van der Waals surface area contributed by atoms with Crippen LogP contribution in [0, 0.1) is 0 Å². The fourth-order valence-electron chi connectivity index (χ4n) is 4.07. The molecule has 1 aliphatic carbocycles. The van der Waals surface area contributed by atoms with Crippen molar-refractivity contribution in [3.8, 4) is 0 Å². The number of nitrogens with two attached hydrogens (primary N) is 1. The van der Waals surface area contributed by atoms with Crippen LogP contribution in [0.1, 0.15) is 53.0 Å². The van der Waals surface area contributed by atoms with E-state index in [2.05, 4.69) is 41.4 Å². The summed E-state index contributed by atoms with van der Waals surface area (Å²) >= 11 is 1.92. The third kappa shape index (κ3) is 3.35. The summed E-state index contributed by atoms with van der Waals surface area (Å²) in [4.78, 5) is 8.59. The lowest BCUT2D eigenvalue weighted by molar-refractivity contribution is 0.326. The Balaban J connectivity index is 1.40. The Morgan fingerprint density at radius 2 is 1.91 bits per heavy atom. The van der Waals surface area contributed by atoms with Crippen LogP contribution in [0.3, 0.4) is 0 Å². The van der Waals surface area contributed by atoms with Gasteiger partial charge in [0.15, 0.2) is 0 Å². The largest absolute Gasteiger partial charge is 0.326 e. The zero-order valence-corrected chi connectivity index (χ0v) is 14.3. The standard InChI is InChI=1S/C19H25N3S/c20-18-13-22(12-17(18)14-6-2-1-3-7-14)11-16-10-21-19(23-16)15-8-4-5-9-15/h1-3,6-7,10,15,17-18H,4-5,8-9,11-13,20H2/t17-,18+/m0/s1. The quantitative estimate of drug-likeness (QED) is 0.930. The number of hydrogen-bond acceptors (Lipinski definition) is 4. The van der Waals surface area contributed by atoms with E-state index in [-0.39, 0.29) is 6.04 Å². The highest BCUT2D eigenvalue weighted by atomic mass is 32.1. The lowest BCUT2D eigenvalue weighted by atomic mass is 9.95. The third-order valence-corrected chi connectivity index (χ3v) is 6.47. The van der Waals surface area contributed by atoms with E-state index >= 15 is 0 Å². The summed E-state index contributed by atoms with van der Waals surface area (Å²) in [5, 5.41) is 1.36. The van der Waals surface area contributed by atoms with E-state index in [0.717, 1.165) is 25.6 Å². The number of aromatic nitrogens is 1. The molecule has 2 heterocycles. The highest BCUT2D eigenvalue weighted by Gasteiger charge is 2.31. The maximum Gasteiger partial charge on any atom is 0.0959 e. The van der Waals surface area contributed by atoms with E-state index < -0.39 is 0 Å². The Morgan fingerprint density at radius 1 is 1.13 bits per heavy atom. The number of thiazole rings is 1. The van der Waals surface area contributed by atoms with Crippen LogP contribution >= 0.6 is 11.3 Å². The Labute approximate surface area is 142 Å². The van der Waals surface area contributed by atoms with Crippen molar-refractivity contribution in [2.75, 3.05) is 13.1 Å². The van der Waals surface area contributed by atoms with Crippen molar-refractivity contribution in [2.45, 2.75) is 50.1 Å². The Bertz CT molecular complexity index is 633. The number of nitrogens with zero attached hydrogens (tertiary/aromatic N) is 2. The second kappa shape index (κ2) is 6.71. The maximum atomic E-state index is 6.41. The lowest BCUT2D eigenvalue weighted by Gasteiger charge is -2.15. The van der Waals surface area contributed by atoms with E-state index in [1.54, 1.807) is 0 Å². The van der Waals surface area contributed by atoms with Crippen molar-refractivity contribution >= 4 is 11.3 Å². The molecule has 1 saturated heterocycles. The first-order chi connectivity index (χ1) is 11.3. The molecule has 1 aromatic carbocycles. The van der Waals surface area contributed by atoms with Gasteiger partial charge in [-0.1, -0.05) is 43.2 Å². The molecule has 2 aliphatic rings. The fraction of sp³-hybridized carbons (Fsp3) is 0.526. The average molecular weight is 327 g/mol. The molecule has 4 heteroatoms. The van der Waals surface area contributed by atoms with E-state index in [1.165, 1.54) is 41.1 Å². The molecule has 23 heavy (non-hydrogen) atoms. The van der Waals surface area contributed by atoms with E-state index in [9.17, 15) is 0 Å². The van der Waals surface area contributed by atoms with Gasteiger partial charge in [-0.3, -0.25) is 4.90 Å². The number of benzene rings is 1. The minimum Gasteiger partial charge on any atom is -0.326 e. The summed E-state index contributed by atoms with van der Waals surface area (Å²) in [5.41, 5.74) is 7.78. The van der Waals surface area contributed by atoms with Gasteiger partial charge in [0.05, 0.1) is 5.01 Å². The topological polar surface area (TPSA) is 42.1 Å². The Hall–Kier alpha value is -1.23.